The molecule has 0 aliphatic heterocycles. The third-order valence-corrected chi connectivity index (χ3v) is 3.19. The number of hydrogen-bond acceptors (Lipinski definition) is 4. The van der Waals surface area contributed by atoms with E-state index in [4.69, 9.17) is 4.74 Å². The van der Waals surface area contributed by atoms with Gasteiger partial charge in [-0.3, -0.25) is 9.59 Å². The maximum Gasteiger partial charge on any atom is 0.249 e. The van der Waals surface area contributed by atoms with E-state index in [9.17, 15) is 9.59 Å². The fraction of sp³-hybridized carbons (Fsp3) is 0.167. The van der Waals surface area contributed by atoms with Crippen LogP contribution < -0.4 is 15.5 Å². The van der Waals surface area contributed by atoms with Crippen molar-refractivity contribution in [2.24, 2.45) is 5.10 Å². The average Bonchev–Trinajstić information content (AvgIpc) is 2.61. The van der Waals surface area contributed by atoms with Gasteiger partial charge in [0.05, 0.1) is 13.3 Å². The Morgan fingerprint density at radius 2 is 1.75 bits per heavy atom. The number of methoxy groups -OCH3 is 1. The molecule has 0 bridgehead atoms. The molecule has 0 radical (unpaired) electrons. The van der Waals surface area contributed by atoms with Crippen molar-refractivity contribution in [3.63, 3.8) is 0 Å². The van der Waals surface area contributed by atoms with E-state index in [1.807, 2.05) is 42.5 Å². The number of nitrogens with zero attached hydrogens (tertiary/aromatic N) is 1. The van der Waals surface area contributed by atoms with Crippen molar-refractivity contribution in [2.75, 3.05) is 7.11 Å². The number of benzene rings is 2. The molecule has 2 amide bonds. The van der Waals surface area contributed by atoms with E-state index in [-0.39, 0.29) is 12.3 Å². The normalized spacial score (nSPS) is 10.4. The molecule has 2 N–H and O–H groups in total. The van der Waals surface area contributed by atoms with Gasteiger partial charge in [-0.05, 0) is 17.7 Å². The molecule has 2 aromatic rings. The molecule has 0 unspecified atom stereocenters. The number of hydrogen-bond donors (Lipinski definition) is 2. The Morgan fingerprint density at radius 3 is 2.50 bits per heavy atom. The van der Waals surface area contributed by atoms with Gasteiger partial charge in [0, 0.05) is 12.1 Å². The molecule has 6 heteroatoms. The topological polar surface area (TPSA) is 79.8 Å². The Balaban J connectivity index is 1.76. The van der Waals surface area contributed by atoms with Crippen molar-refractivity contribution in [3.8, 4) is 5.75 Å². The van der Waals surface area contributed by atoms with E-state index in [0.717, 1.165) is 11.1 Å². The number of carbonyl (C=O) groups excluding carboxylic acids is 2. The van der Waals surface area contributed by atoms with Crippen LogP contribution in [-0.4, -0.2) is 25.1 Å². The zero-order chi connectivity index (χ0) is 17.2. The van der Waals surface area contributed by atoms with Gasteiger partial charge in [-0.15, -0.1) is 0 Å². The number of rotatable bonds is 7. The molecule has 0 aliphatic rings. The van der Waals surface area contributed by atoms with E-state index in [1.54, 1.807) is 19.2 Å². The lowest BCUT2D eigenvalue weighted by Crippen LogP contribution is -2.29. The van der Waals surface area contributed by atoms with Crippen molar-refractivity contribution in [3.05, 3.63) is 65.7 Å². The Hall–Kier alpha value is -3.15. The second-order valence-electron chi connectivity index (χ2n) is 4.97. The smallest absolute Gasteiger partial charge is 0.249 e. The zero-order valence-electron chi connectivity index (χ0n) is 13.4. The third-order valence-electron chi connectivity index (χ3n) is 3.19. The zero-order valence-corrected chi connectivity index (χ0v) is 13.4. The van der Waals surface area contributed by atoms with E-state index in [1.165, 1.54) is 6.21 Å². The monoisotopic (exact) mass is 325 g/mol. The molecule has 124 valence electrons. The molecule has 0 heterocycles. The first-order valence-corrected chi connectivity index (χ1v) is 7.44. The molecule has 0 saturated carbocycles. The van der Waals surface area contributed by atoms with E-state index < -0.39 is 5.91 Å². The van der Waals surface area contributed by atoms with Gasteiger partial charge in [0.25, 0.3) is 0 Å². The quantitative estimate of drug-likeness (QED) is 0.463. The summed E-state index contributed by atoms with van der Waals surface area (Å²) in [4.78, 5) is 23.4. The number of para-hydroxylation sites is 1. The largest absolute Gasteiger partial charge is 0.496 e. The maximum atomic E-state index is 11.7. The van der Waals surface area contributed by atoms with Gasteiger partial charge >= 0.3 is 0 Å². The average molecular weight is 325 g/mol. The highest BCUT2D eigenvalue weighted by Gasteiger charge is 2.08. The van der Waals surface area contributed by atoms with Gasteiger partial charge in [-0.1, -0.05) is 42.5 Å². The Morgan fingerprint density at radius 1 is 1.04 bits per heavy atom. The van der Waals surface area contributed by atoms with Gasteiger partial charge in [-0.25, -0.2) is 5.43 Å². The van der Waals surface area contributed by atoms with E-state index in [2.05, 4.69) is 15.8 Å². The van der Waals surface area contributed by atoms with Crippen LogP contribution in [-0.2, 0) is 16.1 Å². The first kappa shape index (κ1) is 17.2. The highest BCUT2D eigenvalue weighted by Crippen LogP contribution is 2.14. The first-order chi connectivity index (χ1) is 11.7. The van der Waals surface area contributed by atoms with Gasteiger partial charge < -0.3 is 10.1 Å². The first-order valence-electron chi connectivity index (χ1n) is 7.44. The minimum atomic E-state index is -0.480. The van der Waals surface area contributed by atoms with Crippen LogP contribution >= 0.6 is 0 Å². The van der Waals surface area contributed by atoms with Gasteiger partial charge in [0.2, 0.25) is 11.8 Å². The summed E-state index contributed by atoms with van der Waals surface area (Å²) < 4.78 is 5.17. The van der Waals surface area contributed by atoms with Crippen molar-refractivity contribution in [1.82, 2.24) is 10.7 Å². The lowest BCUT2D eigenvalue weighted by atomic mass is 10.2. The number of nitrogens with one attached hydrogen (secondary N) is 2. The molecule has 0 saturated heterocycles. The van der Waals surface area contributed by atoms with Crippen LogP contribution in [0, 0.1) is 0 Å². The number of ether oxygens (including phenoxy) is 1. The fourth-order valence-electron chi connectivity index (χ4n) is 1.99. The minimum Gasteiger partial charge on any atom is -0.496 e. The summed E-state index contributed by atoms with van der Waals surface area (Å²) in [5.41, 5.74) is 4.03. The standard InChI is InChI=1S/C18H19N3O3/c1-24-16-10-6-5-9-15(16)13-20-21-18(23)11-17(22)19-12-14-7-3-2-4-8-14/h2-10,13H,11-12H2,1H3,(H,19,22)(H,21,23)/b20-13+. The van der Waals surface area contributed by atoms with Crippen molar-refractivity contribution in [1.29, 1.82) is 0 Å². The van der Waals surface area contributed by atoms with Gasteiger partial charge in [0.1, 0.15) is 12.2 Å². The summed E-state index contributed by atoms with van der Waals surface area (Å²) in [6.07, 6.45) is 1.19. The SMILES string of the molecule is COc1ccccc1/C=N/NC(=O)CC(=O)NCc1ccccc1. The number of hydrazone groups is 1. The molecule has 0 fully saturated rings. The minimum absolute atomic E-state index is 0.282. The summed E-state index contributed by atoms with van der Waals surface area (Å²) in [6, 6.07) is 16.8. The van der Waals surface area contributed by atoms with Crippen LogP contribution in [0.1, 0.15) is 17.5 Å². The lowest BCUT2D eigenvalue weighted by molar-refractivity contribution is -0.129. The summed E-state index contributed by atoms with van der Waals surface area (Å²) in [5.74, 6) is -0.188. The van der Waals surface area contributed by atoms with Crippen LogP contribution in [0.2, 0.25) is 0 Å². The predicted octanol–water partition coefficient (Wildman–Crippen LogP) is 1.85. The second kappa shape index (κ2) is 9.09. The van der Waals surface area contributed by atoms with Gasteiger partial charge in [-0.2, -0.15) is 5.10 Å². The Labute approximate surface area is 140 Å². The third kappa shape index (κ3) is 5.57. The molecule has 6 nitrogen and oxygen atoms in total. The molecule has 0 atom stereocenters. The maximum absolute atomic E-state index is 11.7. The molecular formula is C18H19N3O3. The van der Waals surface area contributed by atoms with Crippen molar-refractivity contribution >= 4 is 18.0 Å². The number of carbonyl (C=O) groups is 2. The molecule has 24 heavy (non-hydrogen) atoms. The summed E-state index contributed by atoms with van der Waals surface area (Å²) >= 11 is 0. The second-order valence-corrected chi connectivity index (χ2v) is 4.97. The molecular weight excluding hydrogens is 306 g/mol. The summed E-state index contributed by atoms with van der Waals surface area (Å²) in [7, 11) is 1.56. The fourth-order valence-corrected chi connectivity index (χ4v) is 1.99. The molecule has 2 rings (SSSR count). The molecule has 0 spiro atoms. The summed E-state index contributed by atoms with van der Waals surface area (Å²) in [5, 5.41) is 6.52. The van der Waals surface area contributed by atoms with E-state index in [0.29, 0.717) is 12.3 Å². The predicted molar refractivity (Wildman–Crippen MR) is 91.6 cm³/mol. The molecule has 0 aromatic heterocycles. The van der Waals surface area contributed by atoms with Crippen LogP contribution in [0.5, 0.6) is 5.75 Å². The number of amides is 2. The molecule has 0 aliphatic carbocycles. The van der Waals surface area contributed by atoms with Crippen LogP contribution in [0.4, 0.5) is 0 Å². The highest BCUT2D eigenvalue weighted by atomic mass is 16.5. The van der Waals surface area contributed by atoms with Crippen LogP contribution in [0.15, 0.2) is 59.7 Å². The summed E-state index contributed by atoms with van der Waals surface area (Å²) in [6.45, 7) is 0.386. The highest BCUT2D eigenvalue weighted by molar-refractivity contribution is 5.97. The van der Waals surface area contributed by atoms with Crippen LogP contribution in [0.3, 0.4) is 0 Å². The Bertz CT molecular complexity index is 714. The van der Waals surface area contributed by atoms with Crippen LogP contribution in [0.25, 0.3) is 0 Å². The van der Waals surface area contributed by atoms with E-state index >= 15 is 0 Å². The van der Waals surface area contributed by atoms with Crippen molar-refractivity contribution in [2.45, 2.75) is 13.0 Å². The van der Waals surface area contributed by atoms with Gasteiger partial charge in [0.15, 0.2) is 0 Å². The lowest BCUT2D eigenvalue weighted by Gasteiger charge is -2.05. The Kier molecular flexibility index (Phi) is 6.52. The molecule has 2 aromatic carbocycles. The van der Waals surface area contributed by atoms with Crippen molar-refractivity contribution < 1.29 is 14.3 Å².